The molecule has 11 heavy (non-hydrogen) atoms. The topological polar surface area (TPSA) is 101 Å². The van der Waals surface area contributed by atoms with Crippen molar-refractivity contribution in [2.24, 2.45) is 11.6 Å². The summed E-state index contributed by atoms with van der Waals surface area (Å²) in [5.74, 6) is 4.08. The fourth-order valence-corrected chi connectivity index (χ4v) is 0.771. The molecule has 0 fully saturated rings. The maximum atomic E-state index is 10.4. The predicted octanol–water partition coefficient (Wildman–Crippen LogP) is -0.968. The number of carboxylic acids is 1. The van der Waals surface area contributed by atoms with Crippen LogP contribution < -0.4 is 17.0 Å². The highest BCUT2D eigenvalue weighted by Crippen LogP contribution is 1.98. The summed E-state index contributed by atoms with van der Waals surface area (Å²) in [5.41, 5.74) is 7.45. The number of unbranched alkanes of at least 4 members (excludes halogenated alkanes) is 1. The highest BCUT2D eigenvalue weighted by molar-refractivity contribution is 5.73. The van der Waals surface area contributed by atoms with Crippen LogP contribution in [0.2, 0.25) is 0 Å². The Labute approximate surface area is 65.7 Å². The second-order valence-electron chi connectivity index (χ2n) is 2.34. The third kappa shape index (κ3) is 4.72. The van der Waals surface area contributed by atoms with E-state index in [2.05, 4.69) is 5.43 Å². The van der Waals surface area contributed by atoms with Gasteiger partial charge in [0.2, 0.25) is 0 Å². The van der Waals surface area contributed by atoms with Crippen LogP contribution in [-0.2, 0) is 4.79 Å². The zero-order valence-corrected chi connectivity index (χ0v) is 6.42. The second-order valence-corrected chi connectivity index (χ2v) is 2.34. The molecular weight excluding hydrogens is 146 g/mol. The van der Waals surface area contributed by atoms with Gasteiger partial charge in [0, 0.05) is 0 Å². The molecule has 0 aromatic carbocycles. The molecule has 5 nitrogen and oxygen atoms in total. The summed E-state index contributed by atoms with van der Waals surface area (Å²) in [7, 11) is 0. The molecule has 0 rings (SSSR count). The van der Waals surface area contributed by atoms with Crippen molar-refractivity contribution in [2.45, 2.75) is 25.3 Å². The molecule has 6 N–H and O–H groups in total. The Bertz CT molecular complexity index is 118. The van der Waals surface area contributed by atoms with Crippen LogP contribution in [0.1, 0.15) is 19.3 Å². The van der Waals surface area contributed by atoms with Gasteiger partial charge in [-0.05, 0) is 25.8 Å². The van der Waals surface area contributed by atoms with Gasteiger partial charge in [-0.15, -0.1) is 0 Å². The third-order valence-electron chi connectivity index (χ3n) is 1.45. The summed E-state index contributed by atoms with van der Waals surface area (Å²) in [6.07, 6.45) is 2.16. The first kappa shape index (κ1) is 10.3. The Morgan fingerprint density at radius 3 is 2.55 bits per heavy atom. The van der Waals surface area contributed by atoms with Crippen LogP contribution in [-0.4, -0.2) is 23.7 Å². The van der Waals surface area contributed by atoms with E-state index in [-0.39, 0.29) is 0 Å². The normalized spacial score (nSPS) is 12.9. The molecule has 0 spiro atoms. The van der Waals surface area contributed by atoms with Gasteiger partial charge < -0.3 is 10.8 Å². The lowest BCUT2D eigenvalue weighted by atomic mass is 10.1. The largest absolute Gasteiger partial charge is 0.480 e. The van der Waals surface area contributed by atoms with E-state index < -0.39 is 12.0 Å². The van der Waals surface area contributed by atoms with Crippen molar-refractivity contribution in [3.63, 3.8) is 0 Å². The van der Waals surface area contributed by atoms with E-state index in [1.807, 2.05) is 0 Å². The molecule has 1 atom stereocenters. The Morgan fingerprint density at radius 1 is 1.55 bits per heavy atom. The summed E-state index contributed by atoms with van der Waals surface area (Å²) in [6.45, 7) is 0.594. The Kier molecular flexibility index (Phi) is 5.73. The number of rotatable bonds is 6. The molecule has 0 aliphatic heterocycles. The minimum atomic E-state index is -0.912. The first-order valence-electron chi connectivity index (χ1n) is 3.61. The van der Waals surface area contributed by atoms with E-state index in [4.69, 9.17) is 16.7 Å². The number of hydrazine groups is 1. The lowest BCUT2D eigenvalue weighted by Crippen LogP contribution is -2.41. The number of nitrogens with one attached hydrogen (secondary N) is 1. The maximum absolute atomic E-state index is 10.4. The number of nitrogens with two attached hydrogens (primary N) is 2. The third-order valence-corrected chi connectivity index (χ3v) is 1.45. The Morgan fingerprint density at radius 2 is 2.18 bits per heavy atom. The van der Waals surface area contributed by atoms with E-state index in [1.165, 1.54) is 0 Å². The smallest absolute Gasteiger partial charge is 0.322 e. The Balaban J connectivity index is 3.44. The highest BCUT2D eigenvalue weighted by Gasteiger charge is 2.13. The number of aliphatic carboxylic acids is 1. The lowest BCUT2D eigenvalue weighted by molar-refractivity contribution is -0.139. The first-order valence-corrected chi connectivity index (χ1v) is 3.61. The van der Waals surface area contributed by atoms with E-state index in [1.54, 1.807) is 0 Å². The summed E-state index contributed by atoms with van der Waals surface area (Å²) < 4.78 is 0. The summed E-state index contributed by atoms with van der Waals surface area (Å²) in [4.78, 5) is 10.4. The van der Waals surface area contributed by atoms with Gasteiger partial charge in [0.25, 0.3) is 0 Å². The molecule has 0 aromatic rings. The quantitative estimate of drug-likeness (QED) is 0.228. The average Bonchev–Trinajstić information content (AvgIpc) is 1.97. The molecule has 0 aliphatic rings. The fraction of sp³-hybridized carbons (Fsp3) is 0.833. The molecule has 0 saturated carbocycles. The molecule has 5 heteroatoms. The zero-order valence-electron chi connectivity index (χ0n) is 6.42. The average molecular weight is 161 g/mol. The Hall–Kier alpha value is -0.650. The molecule has 66 valence electrons. The molecular formula is C6H15N3O2. The summed E-state index contributed by atoms with van der Waals surface area (Å²) in [6, 6.07) is -0.637. The zero-order chi connectivity index (χ0) is 8.69. The summed E-state index contributed by atoms with van der Waals surface area (Å²) >= 11 is 0. The number of hydrogen-bond donors (Lipinski definition) is 4. The molecule has 0 amide bonds. The van der Waals surface area contributed by atoms with E-state index in [9.17, 15) is 4.79 Å². The van der Waals surface area contributed by atoms with Gasteiger partial charge in [-0.3, -0.25) is 10.6 Å². The van der Waals surface area contributed by atoms with Crippen LogP contribution in [0, 0.1) is 0 Å². The lowest BCUT2D eigenvalue weighted by Gasteiger charge is -2.09. The van der Waals surface area contributed by atoms with Crippen LogP contribution >= 0.6 is 0 Å². The summed E-state index contributed by atoms with van der Waals surface area (Å²) in [5, 5.41) is 8.50. The number of carboxylic acid groups (broad SMARTS) is 1. The van der Waals surface area contributed by atoms with E-state index in [0.717, 1.165) is 12.8 Å². The molecule has 0 radical (unpaired) electrons. The van der Waals surface area contributed by atoms with Crippen molar-refractivity contribution in [3.05, 3.63) is 0 Å². The second kappa shape index (κ2) is 6.09. The molecule has 0 heterocycles. The molecule has 0 saturated heterocycles. The van der Waals surface area contributed by atoms with Gasteiger partial charge >= 0.3 is 5.97 Å². The highest BCUT2D eigenvalue weighted by atomic mass is 16.4. The molecule has 0 unspecified atom stereocenters. The van der Waals surface area contributed by atoms with Crippen LogP contribution in [0.25, 0.3) is 0 Å². The van der Waals surface area contributed by atoms with Crippen LogP contribution in [0.4, 0.5) is 0 Å². The molecule has 0 aliphatic carbocycles. The minimum Gasteiger partial charge on any atom is -0.480 e. The van der Waals surface area contributed by atoms with Gasteiger partial charge in [0.1, 0.15) is 6.04 Å². The van der Waals surface area contributed by atoms with Gasteiger partial charge in [-0.1, -0.05) is 0 Å². The van der Waals surface area contributed by atoms with Gasteiger partial charge in [0.05, 0.1) is 0 Å². The predicted molar refractivity (Wildman–Crippen MR) is 41.7 cm³/mol. The molecule has 0 aromatic heterocycles. The number of carbonyl (C=O) groups is 1. The van der Waals surface area contributed by atoms with Crippen molar-refractivity contribution in [3.8, 4) is 0 Å². The first-order chi connectivity index (χ1) is 5.22. The van der Waals surface area contributed by atoms with Crippen molar-refractivity contribution in [1.29, 1.82) is 0 Å². The minimum absolute atomic E-state index is 0.531. The van der Waals surface area contributed by atoms with Crippen molar-refractivity contribution >= 4 is 5.97 Å². The van der Waals surface area contributed by atoms with Gasteiger partial charge in [-0.25, -0.2) is 5.43 Å². The van der Waals surface area contributed by atoms with Crippen molar-refractivity contribution in [1.82, 2.24) is 5.43 Å². The van der Waals surface area contributed by atoms with E-state index >= 15 is 0 Å². The van der Waals surface area contributed by atoms with Gasteiger partial charge in [0.15, 0.2) is 0 Å². The van der Waals surface area contributed by atoms with Crippen LogP contribution in [0.5, 0.6) is 0 Å². The van der Waals surface area contributed by atoms with Crippen molar-refractivity contribution in [2.75, 3.05) is 6.54 Å². The van der Waals surface area contributed by atoms with Crippen LogP contribution in [0.3, 0.4) is 0 Å². The van der Waals surface area contributed by atoms with Gasteiger partial charge in [-0.2, -0.15) is 0 Å². The van der Waals surface area contributed by atoms with Crippen LogP contribution in [0.15, 0.2) is 0 Å². The van der Waals surface area contributed by atoms with E-state index in [0.29, 0.717) is 13.0 Å². The number of hydrogen-bond acceptors (Lipinski definition) is 4. The monoisotopic (exact) mass is 161 g/mol. The standard InChI is InChI=1S/C6H15N3O2/c7-4-2-1-3-5(9-8)6(10)11/h5,9H,1-4,7-8H2,(H,10,11)/t5-/m0/s1. The fourth-order valence-electron chi connectivity index (χ4n) is 0.771. The maximum Gasteiger partial charge on any atom is 0.322 e. The SMILES string of the molecule is NCCCC[C@H](NN)C(=O)O. The van der Waals surface area contributed by atoms with Crippen molar-refractivity contribution < 1.29 is 9.90 Å². The molecule has 0 bridgehead atoms.